The van der Waals surface area contributed by atoms with Crippen molar-refractivity contribution < 1.29 is 14.6 Å². The number of rotatable bonds is 8. The molecule has 2 aromatic carbocycles. The van der Waals surface area contributed by atoms with Crippen molar-refractivity contribution in [1.29, 1.82) is 0 Å². The standard InChI is InChI=1S/C22H27N3O3/c1-15-6-9-20(16(2)12-15)28-14-21-23-18-13-17(22(26)27)7-8-19(18)25(21)11-5-10-24(3)4/h6-9,12-13H,5,10-11,14H2,1-4H3,(H,26,27). The number of aryl methyl sites for hydroxylation is 3. The molecule has 1 N–H and O–H groups in total. The Morgan fingerprint density at radius 2 is 1.96 bits per heavy atom. The number of benzene rings is 2. The van der Waals surface area contributed by atoms with Gasteiger partial charge < -0.3 is 19.3 Å². The number of carbonyl (C=O) groups is 1. The molecule has 0 saturated heterocycles. The van der Waals surface area contributed by atoms with Crippen molar-refractivity contribution in [3.05, 3.63) is 58.9 Å². The van der Waals surface area contributed by atoms with Crippen LogP contribution in [0, 0.1) is 13.8 Å². The van der Waals surface area contributed by atoms with E-state index in [9.17, 15) is 9.90 Å². The van der Waals surface area contributed by atoms with Gasteiger partial charge in [-0.3, -0.25) is 0 Å². The van der Waals surface area contributed by atoms with E-state index in [0.29, 0.717) is 12.1 Å². The minimum absolute atomic E-state index is 0.243. The zero-order valence-corrected chi connectivity index (χ0v) is 16.9. The van der Waals surface area contributed by atoms with Gasteiger partial charge in [0.15, 0.2) is 0 Å². The molecule has 148 valence electrons. The van der Waals surface area contributed by atoms with Gasteiger partial charge in [-0.05, 0) is 70.7 Å². The van der Waals surface area contributed by atoms with E-state index in [-0.39, 0.29) is 5.56 Å². The molecule has 0 atom stereocenters. The third-order valence-corrected chi connectivity index (χ3v) is 4.75. The summed E-state index contributed by atoms with van der Waals surface area (Å²) in [5.74, 6) is 0.692. The Morgan fingerprint density at radius 1 is 1.18 bits per heavy atom. The zero-order valence-electron chi connectivity index (χ0n) is 16.9. The predicted molar refractivity (Wildman–Crippen MR) is 110 cm³/mol. The number of aromatic carboxylic acids is 1. The second-order valence-electron chi connectivity index (χ2n) is 7.40. The van der Waals surface area contributed by atoms with Crippen LogP contribution in [0.2, 0.25) is 0 Å². The molecule has 6 nitrogen and oxygen atoms in total. The Kier molecular flexibility index (Phi) is 5.99. The van der Waals surface area contributed by atoms with E-state index in [4.69, 9.17) is 4.74 Å². The van der Waals surface area contributed by atoms with E-state index in [1.807, 2.05) is 25.1 Å². The summed E-state index contributed by atoms with van der Waals surface area (Å²) in [4.78, 5) is 18.1. The lowest BCUT2D eigenvalue weighted by molar-refractivity contribution is 0.0697. The van der Waals surface area contributed by atoms with Gasteiger partial charge in [0, 0.05) is 6.54 Å². The number of hydrogen-bond donors (Lipinski definition) is 1. The van der Waals surface area contributed by atoms with Crippen LogP contribution in [0.5, 0.6) is 5.75 Å². The molecule has 0 amide bonds. The fourth-order valence-corrected chi connectivity index (χ4v) is 3.32. The number of carboxylic acids is 1. The molecule has 0 aliphatic carbocycles. The summed E-state index contributed by atoms with van der Waals surface area (Å²) in [6.07, 6.45) is 0.968. The van der Waals surface area contributed by atoms with Gasteiger partial charge in [-0.1, -0.05) is 17.7 Å². The van der Waals surface area contributed by atoms with Gasteiger partial charge in [-0.15, -0.1) is 0 Å². The maximum Gasteiger partial charge on any atom is 0.335 e. The molecule has 28 heavy (non-hydrogen) atoms. The van der Waals surface area contributed by atoms with Crippen molar-refractivity contribution in [3.8, 4) is 5.75 Å². The third-order valence-electron chi connectivity index (χ3n) is 4.75. The van der Waals surface area contributed by atoms with E-state index >= 15 is 0 Å². The Morgan fingerprint density at radius 3 is 2.64 bits per heavy atom. The summed E-state index contributed by atoms with van der Waals surface area (Å²) in [7, 11) is 4.10. The maximum absolute atomic E-state index is 11.3. The molecule has 0 aliphatic rings. The quantitative estimate of drug-likeness (QED) is 0.641. The smallest absolute Gasteiger partial charge is 0.335 e. The van der Waals surface area contributed by atoms with E-state index in [2.05, 4.69) is 41.5 Å². The normalized spacial score (nSPS) is 11.3. The zero-order chi connectivity index (χ0) is 20.3. The highest BCUT2D eigenvalue weighted by molar-refractivity contribution is 5.92. The molecule has 3 aromatic rings. The average Bonchev–Trinajstić information content (AvgIpc) is 2.97. The van der Waals surface area contributed by atoms with Gasteiger partial charge in [0.1, 0.15) is 18.2 Å². The van der Waals surface area contributed by atoms with Gasteiger partial charge >= 0.3 is 5.97 Å². The predicted octanol–water partition coefficient (Wildman–Crippen LogP) is 3.88. The molecule has 0 aliphatic heterocycles. The van der Waals surface area contributed by atoms with E-state index < -0.39 is 5.97 Å². The molecule has 3 rings (SSSR count). The minimum atomic E-state index is -0.947. The third kappa shape index (κ3) is 4.51. The molecule has 0 radical (unpaired) electrons. The summed E-state index contributed by atoms with van der Waals surface area (Å²) in [5, 5.41) is 9.26. The summed E-state index contributed by atoms with van der Waals surface area (Å²) in [6, 6.07) is 11.2. The van der Waals surface area contributed by atoms with Crippen LogP contribution in [0.4, 0.5) is 0 Å². The molecule has 0 spiro atoms. The summed E-state index contributed by atoms with van der Waals surface area (Å²) in [6.45, 7) is 6.18. The average molecular weight is 381 g/mol. The van der Waals surface area contributed by atoms with Crippen molar-refractivity contribution in [2.24, 2.45) is 0 Å². The van der Waals surface area contributed by atoms with Crippen LogP contribution in [0.3, 0.4) is 0 Å². The van der Waals surface area contributed by atoms with Crippen LogP contribution in [-0.4, -0.2) is 46.2 Å². The molecule has 0 bridgehead atoms. The van der Waals surface area contributed by atoms with Crippen LogP contribution in [0.25, 0.3) is 11.0 Å². The van der Waals surface area contributed by atoms with Crippen LogP contribution < -0.4 is 4.74 Å². The van der Waals surface area contributed by atoms with Crippen molar-refractivity contribution in [3.63, 3.8) is 0 Å². The molecule has 1 heterocycles. The molecular weight excluding hydrogens is 354 g/mol. The first-order chi connectivity index (χ1) is 13.3. The van der Waals surface area contributed by atoms with Gasteiger partial charge in [0.2, 0.25) is 0 Å². The fourth-order valence-electron chi connectivity index (χ4n) is 3.32. The van der Waals surface area contributed by atoms with Gasteiger partial charge in [0.25, 0.3) is 0 Å². The number of imidazole rings is 1. The maximum atomic E-state index is 11.3. The van der Waals surface area contributed by atoms with Crippen molar-refractivity contribution in [2.45, 2.75) is 33.4 Å². The lowest BCUT2D eigenvalue weighted by Crippen LogP contribution is -2.16. The van der Waals surface area contributed by atoms with E-state index in [0.717, 1.165) is 42.2 Å². The Balaban J connectivity index is 1.90. The number of ether oxygens (including phenoxy) is 1. The Labute approximate surface area is 165 Å². The number of nitrogens with zero attached hydrogens (tertiary/aromatic N) is 3. The lowest BCUT2D eigenvalue weighted by atomic mass is 10.1. The number of carboxylic acid groups (broad SMARTS) is 1. The van der Waals surface area contributed by atoms with E-state index in [1.54, 1.807) is 12.1 Å². The first kappa shape index (κ1) is 19.9. The second kappa shape index (κ2) is 8.44. The summed E-state index contributed by atoms with van der Waals surface area (Å²) in [5.41, 5.74) is 4.14. The highest BCUT2D eigenvalue weighted by Gasteiger charge is 2.14. The van der Waals surface area contributed by atoms with Gasteiger partial charge in [-0.2, -0.15) is 0 Å². The lowest BCUT2D eigenvalue weighted by Gasteiger charge is -2.14. The molecule has 1 aromatic heterocycles. The monoisotopic (exact) mass is 381 g/mol. The molecule has 6 heteroatoms. The minimum Gasteiger partial charge on any atom is -0.485 e. The molecule has 0 unspecified atom stereocenters. The number of hydrogen-bond acceptors (Lipinski definition) is 4. The SMILES string of the molecule is Cc1ccc(OCc2nc3cc(C(=O)O)ccc3n2CCCN(C)C)c(C)c1. The summed E-state index contributed by atoms with van der Waals surface area (Å²) >= 11 is 0. The van der Waals surface area contributed by atoms with Crippen molar-refractivity contribution in [2.75, 3.05) is 20.6 Å². The summed E-state index contributed by atoms with van der Waals surface area (Å²) < 4.78 is 8.18. The number of aromatic nitrogens is 2. The Hall–Kier alpha value is -2.86. The van der Waals surface area contributed by atoms with Crippen LogP contribution in [0.1, 0.15) is 33.7 Å². The highest BCUT2D eigenvalue weighted by Crippen LogP contribution is 2.23. The van der Waals surface area contributed by atoms with Crippen LogP contribution in [-0.2, 0) is 13.2 Å². The van der Waals surface area contributed by atoms with Crippen LogP contribution >= 0.6 is 0 Å². The van der Waals surface area contributed by atoms with Gasteiger partial charge in [-0.25, -0.2) is 9.78 Å². The molecule has 0 fully saturated rings. The van der Waals surface area contributed by atoms with Crippen molar-refractivity contribution in [1.82, 2.24) is 14.5 Å². The van der Waals surface area contributed by atoms with Gasteiger partial charge in [0.05, 0.1) is 16.6 Å². The number of fused-ring (bicyclic) bond motifs is 1. The molecular formula is C22H27N3O3. The Bertz CT molecular complexity index is 992. The molecule has 0 saturated carbocycles. The van der Waals surface area contributed by atoms with Crippen molar-refractivity contribution >= 4 is 17.0 Å². The van der Waals surface area contributed by atoms with Crippen LogP contribution in [0.15, 0.2) is 36.4 Å². The highest BCUT2D eigenvalue weighted by atomic mass is 16.5. The van der Waals surface area contributed by atoms with E-state index in [1.165, 1.54) is 5.56 Å². The fraction of sp³-hybridized carbons (Fsp3) is 0.364. The first-order valence-electron chi connectivity index (χ1n) is 9.42. The first-order valence-corrected chi connectivity index (χ1v) is 9.42. The second-order valence-corrected chi connectivity index (χ2v) is 7.40. The largest absolute Gasteiger partial charge is 0.485 e. The topological polar surface area (TPSA) is 67.6 Å².